The molecule has 15 heteroatoms. The number of rotatable bonds is 8. The SMILES string of the molecule is [C-]#[N+]C(C(=O)OCCOCCOC(=O)C(C#N)=C1Sc2c(O)ccc(O)c2S1)=C1Sc2c(O)ccc(O)c2S1. The molecule has 0 radical (unpaired) electrons. The fourth-order valence-corrected chi connectivity index (χ4v) is 8.04. The van der Waals surface area contributed by atoms with Gasteiger partial charge in [-0.15, -0.1) is 0 Å². The van der Waals surface area contributed by atoms with Gasteiger partial charge in [-0.3, -0.25) is 4.79 Å². The Hall–Kier alpha value is -3.60. The van der Waals surface area contributed by atoms with Crippen LogP contribution in [0.2, 0.25) is 0 Å². The number of nitrogens with zero attached hydrogens (tertiary/aromatic N) is 2. The Kier molecular flexibility index (Phi) is 9.11. The van der Waals surface area contributed by atoms with E-state index in [1.54, 1.807) is 6.07 Å². The molecule has 0 spiro atoms. The molecule has 0 aliphatic carbocycles. The van der Waals surface area contributed by atoms with E-state index >= 15 is 0 Å². The van der Waals surface area contributed by atoms with Gasteiger partial charge in [0.15, 0.2) is 5.57 Å². The van der Waals surface area contributed by atoms with Crippen LogP contribution in [0.3, 0.4) is 0 Å². The second-order valence-electron chi connectivity index (χ2n) is 7.34. The lowest BCUT2D eigenvalue weighted by atomic mass is 10.3. The average molecular weight is 605 g/mol. The summed E-state index contributed by atoms with van der Waals surface area (Å²) in [6.45, 7) is 6.83. The molecule has 0 atom stereocenters. The van der Waals surface area contributed by atoms with Gasteiger partial charge in [0.1, 0.15) is 42.3 Å². The number of carbonyl (C=O) groups is 2. The molecule has 2 aliphatic heterocycles. The predicted octanol–water partition coefficient (Wildman–Crippen LogP) is 4.53. The Morgan fingerprint density at radius 3 is 1.56 bits per heavy atom. The number of esters is 2. The second kappa shape index (κ2) is 12.5. The third-order valence-electron chi connectivity index (χ3n) is 4.86. The van der Waals surface area contributed by atoms with Crippen LogP contribution in [0.4, 0.5) is 0 Å². The molecule has 4 rings (SSSR count). The minimum atomic E-state index is -0.896. The second-order valence-corrected chi connectivity index (χ2v) is 11.9. The van der Waals surface area contributed by atoms with Crippen molar-refractivity contribution in [3.05, 3.63) is 55.4 Å². The predicted molar refractivity (Wildman–Crippen MR) is 142 cm³/mol. The van der Waals surface area contributed by atoms with E-state index in [-0.39, 0.29) is 69.2 Å². The molecule has 0 fully saturated rings. The molecule has 2 aliphatic rings. The highest BCUT2D eigenvalue weighted by Crippen LogP contribution is 2.59. The number of phenolic OH excluding ortho intramolecular Hbond substituents is 4. The number of hydrogen-bond acceptors (Lipinski definition) is 14. The van der Waals surface area contributed by atoms with Gasteiger partial charge < -0.3 is 34.6 Å². The van der Waals surface area contributed by atoms with E-state index in [0.717, 1.165) is 47.0 Å². The molecule has 0 saturated heterocycles. The van der Waals surface area contributed by atoms with E-state index in [1.807, 2.05) is 0 Å². The third-order valence-corrected chi connectivity index (χ3v) is 10.1. The maximum Gasteiger partial charge on any atom is 0.350 e. The fourth-order valence-electron chi connectivity index (χ4n) is 3.07. The zero-order valence-corrected chi connectivity index (χ0v) is 22.8. The first-order valence-corrected chi connectivity index (χ1v) is 14.0. The van der Waals surface area contributed by atoms with Crippen LogP contribution < -0.4 is 0 Å². The van der Waals surface area contributed by atoms with Crippen molar-refractivity contribution in [2.75, 3.05) is 26.4 Å². The summed E-state index contributed by atoms with van der Waals surface area (Å²) in [7, 11) is 0. The van der Waals surface area contributed by atoms with Gasteiger partial charge in [-0.05, 0) is 24.3 Å². The van der Waals surface area contributed by atoms with E-state index < -0.39 is 11.9 Å². The van der Waals surface area contributed by atoms with Crippen molar-refractivity contribution in [2.24, 2.45) is 0 Å². The van der Waals surface area contributed by atoms with Gasteiger partial charge in [0.2, 0.25) is 0 Å². The van der Waals surface area contributed by atoms with E-state index in [9.17, 15) is 35.3 Å². The first kappa shape index (κ1) is 28.4. The molecule has 0 saturated carbocycles. The zero-order chi connectivity index (χ0) is 28.1. The largest absolute Gasteiger partial charge is 0.507 e. The van der Waals surface area contributed by atoms with Gasteiger partial charge in [0, 0.05) is 0 Å². The minimum Gasteiger partial charge on any atom is -0.507 e. The lowest BCUT2D eigenvalue weighted by Gasteiger charge is -2.08. The van der Waals surface area contributed by atoms with E-state index in [2.05, 4.69) is 4.85 Å². The minimum absolute atomic E-state index is 0.0578. The van der Waals surface area contributed by atoms with Crippen LogP contribution in [-0.2, 0) is 23.8 Å². The number of fused-ring (bicyclic) bond motifs is 2. The quantitative estimate of drug-likeness (QED) is 0.0827. The molecule has 0 aromatic heterocycles. The number of carbonyl (C=O) groups excluding carboxylic acids is 2. The lowest BCUT2D eigenvalue weighted by molar-refractivity contribution is -0.141. The molecule has 2 aromatic carbocycles. The van der Waals surface area contributed by atoms with Gasteiger partial charge in [0.25, 0.3) is 5.70 Å². The number of ether oxygens (including phenoxy) is 3. The van der Waals surface area contributed by atoms with E-state index in [1.165, 1.54) is 24.3 Å². The van der Waals surface area contributed by atoms with Crippen LogP contribution >= 0.6 is 47.0 Å². The number of aromatic hydroxyl groups is 4. The Morgan fingerprint density at radius 1 is 0.744 bits per heavy atom. The molecule has 2 aromatic rings. The van der Waals surface area contributed by atoms with Gasteiger partial charge in [-0.2, -0.15) is 5.26 Å². The summed E-state index contributed by atoms with van der Waals surface area (Å²) in [4.78, 5) is 29.4. The van der Waals surface area contributed by atoms with Crippen molar-refractivity contribution >= 4 is 59.0 Å². The lowest BCUT2D eigenvalue weighted by Crippen LogP contribution is -2.16. The molecular formula is C24H16N2O9S4. The Labute approximate surface area is 238 Å². The molecule has 4 N–H and O–H groups in total. The monoisotopic (exact) mass is 604 g/mol. The number of benzene rings is 2. The van der Waals surface area contributed by atoms with Gasteiger partial charge in [-0.25, -0.2) is 9.64 Å². The highest BCUT2D eigenvalue weighted by Gasteiger charge is 2.31. The van der Waals surface area contributed by atoms with Gasteiger partial charge >= 0.3 is 11.9 Å². The summed E-state index contributed by atoms with van der Waals surface area (Å²) in [5.74, 6) is -2.11. The smallest absolute Gasteiger partial charge is 0.350 e. The van der Waals surface area contributed by atoms with Crippen molar-refractivity contribution in [1.29, 1.82) is 5.26 Å². The van der Waals surface area contributed by atoms with Crippen molar-refractivity contribution in [1.82, 2.24) is 0 Å². The molecule has 11 nitrogen and oxygen atoms in total. The van der Waals surface area contributed by atoms with Crippen LogP contribution in [0.15, 0.2) is 63.6 Å². The summed E-state index contributed by atoms with van der Waals surface area (Å²) in [6, 6.07) is 7.04. The Bertz CT molecular complexity index is 1330. The zero-order valence-electron chi connectivity index (χ0n) is 19.5. The van der Waals surface area contributed by atoms with E-state index in [0.29, 0.717) is 19.6 Å². The first-order chi connectivity index (χ1) is 18.7. The van der Waals surface area contributed by atoms with Crippen LogP contribution in [0.25, 0.3) is 4.85 Å². The normalized spacial score (nSPS) is 13.2. The highest BCUT2D eigenvalue weighted by molar-refractivity contribution is 8.25. The summed E-state index contributed by atoms with van der Waals surface area (Å²) >= 11 is 3.93. The number of phenols is 4. The summed E-state index contributed by atoms with van der Waals surface area (Å²) in [5, 5.41) is 49.2. The van der Waals surface area contributed by atoms with Crippen molar-refractivity contribution in [2.45, 2.75) is 19.6 Å². The molecular weight excluding hydrogens is 589 g/mol. The molecule has 200 valence electrons. The number of thioether (sulfide) groups is 4. The maximum atomic E-state index is 12.4. The summed E-state index contributed by atoms with van der Waals surface area (Å²) < 4.78 is 16.0. The molecule has 0 amide bonds. The van der Waals surface area contributed by atoms with Crippen LogP contribution in [-0.4, -0.2) is 58.8 Å². The van der Waals surface area contributed by atoms with Gasteiger partial charge in [-0.1, -0.05) is 47.0 Å². The summed E-state index contributed by atoms with van der Waals surface area (Å²) in [6.07, 6.45) is 0. The molecule has 0 unspecified atom stereocenters. The molecule has 39 heavy (non-hydrogen) atoms. The van der Waals surface area contributed by atoms with Crippen LogP contribution in [0.1, 0.15) is 0 Å². The van der Waals surface area contributed by atoms with E-state index in [4.69, 9.17) is 20.8 Å². The van der Waals surface area contributed by atoms with Crippen LogP contribution in [0, 0.1) is 17.9 Å². The van der Waals surface area contributed by atoms with Gasteiger partial charge in [0.05, 0.1) is 47.8 Å². The molecule has 2 heterocycles. The number of nitriles is 1. The highest BCUT2D eigenvalue weighted by atomic mass is 32.2. The fraction of sp³-hybridized carbons (Fsp3) is 0.167. The standard InChI is InChI=1S/C24H16N2O9S4/c1-26-16(24-38-19-14(29)4-5-15(30)20(19)39-24)22(32)35-9-7-33-6-8-34-21(31)11(10-25)23-36-17-12(27)2-3-13(28)18(17)37-23/h2-5,27-30H,6-9H2. The third kappa shape index (κ3) is 6.19. The van der Waals surface area contributed by atoms with Crippen molar-refractivity contribution in [3.8, 4) is 29.1 Å². The van der Waals surface area contributed by atoms with Crippen molar-refractivity contribution < 1.29 is 44.2 Å². The Morgan fingerprint density at radius 2 is 1.15 bits per heavy atom. The summed E-state index contributed by atoms with van der Waals surface area (Å²) in [5.41, 5.74) is -0.572. The average Bonchev–Trinajstić information content (AvgIpc) is 3.56. The Balaban J connectivity index is 1.21. The maximum absolute atomic E-state index is 12.4. The topological polar surface area (TPSA) is 171 Å². The first-order valence-electron chi connectivity index (χ1n) is 10.7. The molecule has 0 bridgehead atoms. The number of hydrogen-bond donors (Lipinski definition) is 4. The van der Waals surface area contributed by atoms with Crippen LogP contribution in [0.5, 0.6) is 23.0 Å². The van der Waals surface area contributed by atoms with Crippen molar-refractivity contribution in [3.63, 3.8) is 0 Å².